The number of rotatable bonds is 4. The standard InChI is InChI=1S/C16H16N4O/c17-15-16(19-14-6-2-1-5-13(14)18-15)20(11-7-8-11)10-12-4-3-9-21-12/h1-6,9,11H,7-8,10H2,(H2,17,18). The molecule has 1 fully saturated rings. The van der Waals surface area contributed by atoms with Crippen molar-refractivity contribution in [1.29, 1.82) is 0 Å². The zero-order valence-electron chi connectivity index (χ0n) is 11.6. The van der Waals surface area contributed by atoms with Gasteiger partial charge in [0.25, 0.3) is 0 Å². The number of aromatic nitrogens is 2. The van der Waals surface area contributed by atoms with Crippen molar-refractivity contribution in [2.45, 2.75) is 25.4 Å². The van der Waals surface area contributed by atoms with Gasteiger partial charge in [0.05, 0.1) is 23.8 Å². The molecule has 1 aliphatic rings. The molecule has 2 aromatic heterocycles. The second-order valence-electron chi connectivity index (χ2n) is 5.36. The van der Waals surface area contributed by atoms with E-state index in [9.17, 15) is 0 Å². The van der Waals surface area contributed by atoms with E-state index in [1.807, 2.05) is 36.4 Å². The quantitative estimate of drug-likeness (QED) is 0.795. The van der Waals surface area contributed by atoms with Gasteiger partial charge in [-0.2, -0.15) is 0 Å². The highest BCUT2D eigenvalue weighted by atomic mass is 16.3. The molecule has 5 heteroatoms. The fraction of sp³-hybridized carbons (Fsp3) is 0.250. The summed E-state index contributed by atoms with van der Waals surface area (Å²) in [5, 5.41) is 0. The van der Waals surface area contributed by atoms with E-state index in [0.717, 1.165) is 35.5 Å². The summed E-state index contributed by atoms with van der Waals surface area (Å²) in [6.45, 7) is 0.675. The van der Waals surface area contributed by atoms with Crippen molar-refractivity contribution < 1.29 is 4.42 Å². The van der Waals surface area contributed by atoms with Gasteiger partial charge in [0.2, 0.25) is 0 Å². The molecule has 3 aromatic rings. The molecular formula is C16H16N4O. The molecule has 2 N–H and O–H groups in total. The Morgan fingerprint density at radius 2 is 1.86 bits per heavy atom. The largest absolute Gasteiger partial charge is 0.467 e. The first-order chi connectivity index (χ1) is 10.3. The number of hydrogen-bond acceptors (Lipinski definition) is 5. The SMILES string of the molecule is Nc1nc2ccccc2nc1N(Cc1ccco1)C1CC1. The Morgan fingerprint density at radius 1 is 1.10 bits per heavy atom. The van der Waals surface area contributed by atoms with Crippen LogP contribution in [-0.4, -0.2) is 16.0 Å². The van der Waals surface area contributed by atoms with Crippen LogP contribution in [-0.2, 0) is 6.54 Å². The lowest BCUT2D eigenvalue weighted by atomic mass is 10.3. The monoisotopic (exact) mass is 280 g/mol. The second-order valence-corrected chi connectivity index (χ2v) is 5.36. The molecule has 1 saturated carbocycles. The minimum Gasteiger partial charge on any atom is -0.467 e. The van der Waals surface area contributed by atoms with Gasteiger partial charge < -0.3 is 15.1 Å². The molecule has 0 atom stereocenters. The zero-order valence-corrected chi connectivity index (χ0v) is 11.6. The van der Waals surface area contributed by atoms with E-state index in [2.05, 4.69) is 9.88 Å². The summed E-state index contributed by atoms with van der Waals surface area (Å²) in [5.74, 6) is 2.15. The Labute approximate surface area is 122 Å². The van der Waals surface area contributed by atoms with Gasteiger partial charge in [-0.05, 0) is 37.1 Å². The summed E-state index contributed by atoms with van der Waals surface area (Å²) in [6, 6.07) is 12.1. The summed E-state index contributed by atoms with van der Waals surface area (Å²) in [4.78, 5) is 11.4. The summed E-state index contributed by atoms with van der Waals surface area (Å²) in [6.07, 6.45) is 4.01. The van der Waals surface area contributed by atoms with Gasteiger partial charge in [-0.25, -0.2) is 9.97 Å². The van der Waals surface area contributed by atoms with Gasteiger partial charge in [-0.3, -0.25) is 0 Å². The number of furan rings is 1. The Kier molecular flexibility index (Phi) is 2.77. The molecule has 1 aromatic carbocycles. The lowest BCUT2D eigenvalue weighted by molar-refractivity contribution is 0.500. The van der Waals surface area contributed by atoms with E-state index in [-0.39, 0.29) is 0 Å². The average molecular weight is 280 g/mol. The summed E-state index contributed by atoms with van der Waals surface area (Å²) < 4.78 is 5.46. The predicted octanol–water partition coefficient (Wildman–Crippen LogP) is 2.97. The van der Waals surface area contributed by atoms with E-state index in [1.54, 1.807) is 6.26 Å². The third kappa shape index (κ3) is 2.31. The average Bonchev–Trinajstić information content (AvgIpc) is 3.21. The number of nitrogens with zero attached hydrogens (tertiary/aromatic N) is 3. The number of para-hydroxylation sites is 2. The maximum Gasteiger partial charge on any atom is 0.172 e. The van der Waals surface area contributed by atoms with Crippen LogP contribution in [0.5, 0.6) is 0 Å². The normalized spacial score (nSPS) is 14.5. The first-order valence-corrected chi connectivity index (χ1v) is 7.12. The number of fused-ring (bicyclic) bond motifs is 1. The van der Waals surface area contributed by atoms with E-state index in [1.165, 1.54) is 0 Å². The molecule has 0 saturated heterocycles. The first kappa shape index (κ1) is 12.2. The number of nitrogens with two attached hydrogens (primary N) is 1. The predicted molar refractivity (Wildman–Crippen MR) is 81.9 cm³/mol. The van der Waals surface area contributed by atoms with Crippen molar-refractivity contribution >= 4 is 22.7 Å². The number of benzene rings is 1. The summed E-state index contributed by atoms with van der Waals surface area (Å²) in [7, 11) is 0. The highest BCUT2D eigenvalue weighted by molar-refractivity contribution is 5.79. The molecule has 4 rings (SSSR count). The van der Waals surface area contributed by atoms with Gasteiger partial charge in [0, 0.05) is 6.04 Å². The Balaban J connectivity index is 1.76. The molecule has 0 bridgehead atoms. The van der Waals surface area contributed by atoms with Crippen LogP contribution in [0.3, 0.4) is 0 Å². The van der Waals surface area contributed by atoms with Crippen LogP contribution in [0.25, 0.3) is 11.0 Å². The lowest BCUT2D eigenvalue weighted by Crippen LogP contribution is -2.27. The van der Waals surface area contributed by atoms with Crippen LogP contribution in [0.1, 0.15) is 18.6 Å². The van der Waals surface area contributed by atoms with E-state index < -0.39 is 0 Å². The molecule has 106 valence electrons. The molecule has 0 aliphatic heterocycles. The van der Waals surface area contributed by atoms with Crippen LogP contribution >= 0.6 is 0 Å². The number of nitrogen functional groups attached to an aromatic ring is 1. The third-order valence-corrected chi connectivity index (χ3v) is 3.74. The topological polar surface area (TPSA) is 68.2 Å². The minimum absolute atomic E-state index is 0.479. The van der Waals surface area contributed by atoms with Crippen molar-refractivity contribution in [2.24, 2.45) is 0 Å². The van der Waals surface area contributed by atoms with Crippen LogP contribution in [0.2, 0.25) is 0 Å². The smallest absolute Gasteiger partial charge is 0.172 e. The fourth-order valence-electron chi connectivity index (χ4n) is 2.55. The maximum absolute atomic E-state index is 6.14. The van der Waals surface area contributed by atoms with Crippen molar-refractivity contribution in [1.82, 2.24) is 9.97 Å². The molecule has 0 spiro atoms. The van der Waals surface area contributed by atoms with Crippen molar-refractivity contribution in [2.75, 3.05) is 10.6 Å². The summed E-state index contributed by atoms with van der Waals surface area (Å²) >= 11 is 0. The zero-order chi connectivity index (χ0) is 14.2. The van der Waals surface area contributed by atoms with Crippen molar-refractivity contribution in [3.63, 3.8) is 0 Å². The van der Waals surface area contributed by atoms with Gasteiger partial charge in [0.15, 0.2) is 11.6 Å². The Bertz CT molecular complexity index is 765. The highest BCUT2D eigenvalue weighted by Gasteiger charge is 2.32. The molecule has 0 amide bonds. The molecule has 1 aliphatic carbocycles. The molecule has 5 nitrogen and oxygen atoms in total. The Morgan fingerprint density at radius 3 is 2.52 bits per heavy atom. The van der Waals surface area contributed by atoms with Gasteiger partial charge in [-0.15, -0.1) is 0 Å². The molecule has 0 unspecified atom stereocenters. The second kappa shape index (κ2) is 4.77. The number of hydrogen-bond donors (Lipinski definition) is 1. The molecular weight excluding hydrogens is 264 g/mol. The first-order valence-electron chi connectivity index (χ1n) is 7.12. The highest BCUT2D eigenvalue weighted by Crippen LogP contribution is 2.35. The maximum atomic E-state index is 6.14. The van der Waals surface area contributed by atoms with E-state index >= 15 is 0 Å². The minimum atomic E-state index is 0.479. The van der Waals surface area contributed by atoms with E-state index in [0.29, 0.717) is 18.4 Å². The molecule has 0 radical (unpaired) electrons. The lowest BCUT2D eigenvalue weighted by Gasteiger charge is -2.23. The summed E-state index contributed by atoms with van der Waals surface area (Å²) in [5.41, 5.74) is 7.83. The third-order valence-electron chi connectivity index (χ3n) is 3.74. The van der Waals surface area contributed by atoms with Gasteiger partial charge in [0.1, 0.15) is 5.76 Å². The molecule has 21 heavy (non-hydrogen) atoms. The van der Waals surface area contributed by atoms with Crippen LogP contribution in [0, 0.1) is 0 Å². The van der Waals surface area contributed by atoms with Crippen LogP contribution in [0.4, 0.5) is 11.6 Å². The molecule has 2 heterocycles. The van der Waals surface area contributed by atoms with Crippen LogP contribution < -0.4 is 10.6 Å². The van der Waals surface area contributed by atoms with Crippen molar-refractivity contribution in [3.05, 3.63) is 48.4 Å². The van der Waals surface area contributed by atoms with E-state index in [4.69, 9.17) is 15.1 Å². The van der Waals surface area contributed by atoms with Gasteiger partial charge in [-0.1, -0.05) is 12.1 Å². The Hall–Kier alpha value is -2.56. The van der Waals surface area contributed by atoms with Gasteiger partial charge >= 0.3 is 0 Å². The fourth-order valence-corrected chi connectivity index (χ4v) is 2.55. The van der Waals surface area contributed by atoms with Crippen molar-refractivity contribution in [3.8, 4) is 0 Å². The van der Waals surface area contributed by atoms with Crippen LogP contribution in [0.15, 0.2) is 47.1 Å². The number of anilines is 2.